The van der Waals surface area contributed by atoms with Crippen LogP contribution in [-0.2, 0) is 14.3 Å². The second-order valence-electron chi connectivity index (χ2n) is 5.13. The van der Waals surface area contributed by atoms with Gasteiger partial charge in [-0.1, -0.05) is 0 Å². The fraction of sp³-hybridized carbons (Fsp3) is 0.786. The van der Waals surface area contributed by atoms with Crippen LogP contribution in [0, 0.1) is 17.2 Å². The Morgan fingerprint density at radius 1 is 1.43 bits per heavy atom. The highest BCUT2D eigenvalue weighted by molar-refractivity contribution is 5.69. The smallest absolute Gasteiger partial charge is 0.407 e. The minimum Gasteiger partial charge on any atom is -0.469 e. The summed E-state index contributed by atoms with van der Waals surface area (Å²) in [5.41, 5.74) is 0. The average molecular weight is 297 g/mol. The minimum absolute atomic E-state index is 0.0613. The van der Waals surface area contributed by atoms with Crippen molar-refractivity contribution in [2.75, 3.05) is 33.4 Å². The number of carbonyl (C=O) groups is 2. The van der Waals surface area contributed by atoms with E-state index in [0.29, 0.717) is 32.5 Å². The van der Waals surface area contributed by atoms with Gasteiger partial charge in [0.15, 0.2) is 0 Å². The molecule has 0 saturated carbocycles. The number of nitrogens with zero attached hydrogens (tertiary/aromatic N) is 2. The first kappa shape index (κ1) is 17.2. The molecule has 1 aliphatic rings. The highest BCUT2D eigenvalue weighted by Gasteiger charge is 2.28. The summed E-state index contributed by atoms with van der Waals surface area (Å²) in [6.45, 7) is 3.77. The Balaban J connectivity index is 2.53. The number of nitrogens with one attached hydrogen (secondary N) is 1. The lowest BCUT2D eigenvalue weighted by Crippen LogP contribution is -2.51. The normalized spacial score (nSPS) is 22.1. The number of amides is 1. The van der Waals surface area contributed by atoms with Crippen molar-refractivity contribution in [3.63, 3.8) is 0 Å². The number of esters is 1. The van der Waals surface area contributed by atoms with E-state index in [0.717, 1.165) is 13.0 Å². The SMILES string of the molecule is CCOC(=O)NC1CC(CCC(=O)OC)CN(CC#N)C1. The lowest BCUT2D eigenvalue weighted by molar-refractivity contribution is -0.141. The lowest BCUT2D eigenvalue weighted by Gasteiger charge is -2.36. The van der Waals surface area contributed by atoms with Crippen LogP contribution in [0.1, 0.15) is 26.2 Å². The van der Waals surface area contributed by atoms with Crippen molar-refractivity contribution in [2.45, 2.75) is 32.2 Å². The van der Waals surface area contributed by atoms with E-state index < -0.39 is 6.09 Å². The van der Waals surface area contributed by atoms with Crippen LogP contribution < -0.4 is 5.32 Å². The Morgan fingerprint density at radius 3 is 2.81 bits per heavy atom. The number of alkyl carbamates (subject to hydrolysis) is 1. The topological polar surface area (TPSA) is 91.7 Å². The highest BCUT2D eigenvalue weighted by atomic mass is 16.5. The quantitative estimate of drug-likeness (QED) is 0.578. The van der Waals surface area contributed by atoms with Crippen LogP contribution in [0.15, 0.2) is 0 Å². The molecule has 1 heterocycles. The average Bonchev–Trinajstić information content (AvgIpc) is 2.45. The predicted octanol–water partition coefficient (Wildman–Crippen LogP) is 0.900. The van der Waals surface area contributed by atoms with Gasteiger partial charge in [0.1, 0.15) is 0 Å². The number of piperidine rings is 1. The van der Waals surface area contributed by atoms with Crippen molar-refractivity contribution >= 4 is 12.1 Å². The van der Waals surface area contributed by atoms with Gasteiger partial charge >= 0.3 is 12.1 Å². The summed E-state index contributed by atoms with van der Waals surface area (Å²) < 4.78 is 9.53. The second-order valence-corrected chi connectivity index (χ2v) is 5.13. The molecule has 1 amide bonds. The molecule has 0 aromatic heterocycles. The molecule has 2 atom stereocenters. The van der Waals surface area contributed by atoms with Crippen LogP contribution in [0.4, 0.5) is 4.79 Å². The van der Waals surface area contributed by atoms with E-state index in [9.17, 15) is 9.59 Å². The molecule has 1 aliphatic heterocycles. The van der Waals surface area contributed by atoms with Crippen molar-refractivity contribution in [2.24, 2.45) is 5.92 Å². The van der Waals surface area contributed by atoms with Crippen LogP contribution in [0.5, 0.6) is 0 Å². The number of hydrogen-bond donors (Lipinski definition) is 1. The summed E-state index contributed by atoms with van der Waals surface area (Å²) >= 11 is 0. The molecule has 0 aliphatic carbocycles. The van der Waals surface area contributed by atoms with Crippen molar-refractivity contribution in [3.8, 4) is 6.07 Å². The van der Waals surface area contributed by atoms with Gasteiger partial charge in [-0.15, -0.1) is 0 Å². The molecule has 1 rings (SSSR count). The van der Waals surface area contributed by atoms with Crippen molar-refractivity contribution < 1.29 is 19.1 Å². The maximum Gasteiger partial charge on any atom is 0.407 e. The Bertz CT molecular complexity index is 394. The van der Waals surface area contributed by atoms with Crippen LogP contribution >= 0.6 is 0 Å². The summed E-state index contributed by atoms with van der Waals surface area (Å²) in [6.07, 6.45) is 1.38. The zero-order valence-electron chi connectivity index (χ0n) is 12.6. The third-order valence-corrected chi connectivity index (χ3v) is 3.49. The first-order valence-corrected chi connectivity index (χ1v) is 7.18. The van der Waals surface area contributed by atoms with E-state index in [1.54, 1.807) is 6.92 Å². The molecular formula is C14H23N3O4. The van der Waals surface area contributed by atoms with E-state index in [4.69, 9.17) is 10.00 Å². The van der Waals surface area contributed by atoms with Gasteiger partial charge in [0, 0.05) is 25.6 Å². The molecule has 7 nitrogen and oxygen atoms in total. The number of rotatable bonds is 6. The largest absolute Gasteiger partial charge is 0.469 e. The molecule has 118 valence electrons. The maximum atomic E-state index is 11.5. The molecule has 21 heavy (non-hydrogen) atoms. The first-order valence-electron chi connectivity index (χ1n) is 7.18. The molecule has 1 fully saturated rings. The standard InChI is InChI=1S/C14H23N3O4/c1-3-21-14(19)16-12-8-11(4-5-13(18)20-2)9-17(10-12)7-6-15/h11-12H,3-5,7-10H2,1-2H3,(H,16,19). The molecule has 0 aromatic rings. The van der Waals surface area contributed by atoms with Gasteiger partial charge in [0.25, 0.3) is 0 Å². The molecule has 7 heteroatoms. The van der Waals surface area contributed by atoms with Gasteiger partial charge in [0.2, 0.25) is 0 Å². The van der Waals surface area contributed by atoms with E-state index in [1.807, 2.05) is 4.90 Å². The molecule has 0 aromatic carbocycles. The van der Waals surface area contributed by atoms with Crippen LogP contribution in [0.3, 0.4) is 0 Å². The number of ether oxygens (including phenoxy) is 2. The molecule has 0 bridgehead atoms. The fourth-order valence-electron chi connectivity index (χ4n) is 2.61. The summed E-state index contributed by atoms with van der Waals surface area (Å²) in [4.78, 5) is 24.7. The molecule has 2 unspecified atom stereocenters. The Labute approximate surface area is 125 Å². The van der Waals surface area contributed by atoms with Crippen molar-refractivity contribution in [1.29, 1.82) is 5.26 Å². The summed E-state index contributed by atoms with van der Waals surface area (Å²) in [6, 6.07) is 2.06. The van der Waals surface area contributed by atoms with E-state index in [1.165, 1.54) is 7.11 Å². The van der Waals surface area contributed by atoms with Crippen molar-refractivity contribution in [1.82, 2.24) is 10.2 Å². The predicted molar refractivity (Wildman–Crippen MR) is 75.4 cm³/mol. The fourth-order valence-corrected chi connectivity index (χ4v) is 2.61. The third kappa shape index (κ3) is 6.45. The van der Waals surface area contributed by atoms with E-state index in [-0.39, 0.29) is 17.9 Å². The van der Waals surface area contributed by atoms with E-state index in [2.05, 4.69) is 16.1 Å². The number of likely N-dealkylation sites (tertiary alicyclic amines) is 1. The molecule has 0 radical (unpaired) electrons. The highest BCUT2D eigenvalue weighted by Crippen LogP contribution is 2.21. The zero-order chi connectivity index (χ0) is 15.7. The Hall–Kier alpha value is -1.81. The number of carbonyl (C=O) groups excluding carboxylic acids is 2. The summed E-state index contributed by atoms with van der Waals surface area (Å²) in [5.74, 6) is 0.0143. The molecule has 0 spiro atoms. The molecule has 1 N–H and O–H groups in total. The second kappa shape index (κ2) is 9.19. The summed E-state index contributed by atoms with van der Waals surface area (Å²) in [5, 5.41) is 11.6. The summed E-state index contributed by atoms with van der Waals surface area (Å²) in [7, 11) is 1.37. The maximum absolute atomic E-state index is 11.5. The number of nitriles is 1. The lowest BCUT2D eigenvalue weighted by atomic mass is 9.90. The Morgan fingerprint density at radius 2 is 2.19 bits per heavy atom. The third-order valence-electron chi connectivity index (χ3n) is 3.49. The number of hydrogen-bond acceptors (Lipinski definition) is 6. The number of methoxy groups -OCH3 is 1. The van der Waals surface area contributed by atoms with Gasteiger partial charge in [-0.3, -0.25) is 9.69 Å². The van der Waals surface area contributed by atoms with Crippen molar-refractivity contribution in [3.05, 3.63) is 0 Å². The van der Waals surface area contributed by atoms with Crippen LogP contribution in [-0.4, -0.2) is 56.4 Å². The zero-order valence-corrected chi connectivity index (χ0v) is 12.6. The van der Waals surface area contributed by atoms with Crippen LogP contribution in [0.25, 0.3) is 0 Å². The Kier molecular flexibility index (Phi) is 7.54. The van der Waals surface area contributed by atoms with E-state index >= 15 is 0 Å². The van der Waals surface area contributed by atoms with Gasteiger partial charge < -0.3 is 14.8 Å². The first-order chi connectivity index (χ1) is 10.1. The molecular weight excluding hydrogens is 274 g/mol. The van der Waals surface area contributed by atoms with Gasteiger partial charge in [-0.2, -0.15) is 5.26 Å². The minimum atomic E-state index is -0.437. The van der Waals surface area contributed by atoms with Crippen LogP contribution in [0.2, 0.25) is 0 Å². The van der Waals surface area contributed by atoms with Gasteiger partial charge in [-0.25, -0.2) is 4.79 Å². The monoisotopic (exact) mass is 297 g/mol. The van der Waals surface area contributed by atoms with Gasteiger partial charge in [-0.05, 0) is 25.7 Å². The van der Waals surface area contributed by atoms with Gasteiger partial charge in [0.05, 0.1) is 26.3 Å². The molecule has 1 saturated heterocycles.